The molecule has 0 fully saturated rings. The average molecular weight is 211 g/mol. The minimum absolute atomic E-state index is 1.11. The zero-order chi connectivity index (χ0) is 10.8. The van der Waals surface area contributed by atoms with Crippen LogP contribution in [0.25, 0.3) is 0 Å². The van der Waals surface area contributed by atoms with E-state index in [-0.39, 0.29) is 0 Å². The van der Waals surface area contributed by atoms with Crippen LogP contribution in [0.1, 0.15) is 24.8 Å². The molecular formula is C15H17N. The molecule has 0 aromatic heterocycles. The predicted molar refractivity (Wildman–Crippen MR) is 67.1 cm³/mol. The van der Waals surface area contributed by atoms with Crippen molar-refractivity contribution in [3.05, 3.63) is 58.8 Å². The summed E-state index contributed by atoms with van der Waals surface area (Å²) in [6.45, 7) is 1.15. The Labute approximate surface area is 96.9 Å². The van der Waals surface area contributed by atoms with Gasteiger partial charge in [-0.15, -0.1) is 0 Å². The van der Waals surface area contributed by atoms with E-state index in [0.717, 1.165) is 19.4 Å². The van der Waals surface area contributed by atoms with E-state index in [4.69, 9.17) is 0 Å². The fraction of sp³-hybridized carbons (Fsp3) is 0.333. The predicted octanol–water partition coefficient (Wildman–Crippen LogP) is 3.20. The first kappa shape index (κ1) is 9.71. The SMILES string of the molecule is C1=C(Cc2ccccc2)CC2=C(C1)CCN2. The van der Waals surface area contributed by atoms with Crippen LogP contribution < -0.4 is 5.32 Å². The number of hydrogen-bond acceptors (Lipinski definition) is 1. The number of rotatable bonds is 2. The van der Waals surface area contributed by atoms with Crippen molar-refractivity contribution in [1.29, 1.82) is 0 Å². The first-order valence-electron chi connectivity index (χ1n) is 6.08. The Balaban J connectivity index is 1.70. The van der Waals surface area contributed by atoms with Crippen molar-refractivity contribution in [1.82, 2.24) is 5.32 Å². The van der Waals surface area contributed by atoms with Crippen molar-refractivity contribution in [2.75, 3.05) is 6.54 Å². The van der Waals surface area contributed by atoms with Gasteiger partial charge in [-0.3, -0.25) is 0 Å². The first-order valence-corrected chi connectivity index (χ1v) is 6.08. The second-order valence-corrected chi connectivity index (χ2v) is 4.66. The van der Waals surface area contributed by atoms with Gasteiger partial charge >= 0.3 is 0 Å². The van der Waals surface area contributed by atoms with Gasteiger partial charge in [0.2, 0.25) is 0 Å². The van der Waals surface area contributed by atoms with Crippen LogP contribution in [-0.2, 0) is 6.42 Å². The van der Waals surface area contributed by atoms with Crippen molar-refractivity contribution in [2.45, 2.75) is 25.7 Å². The van der Waals surface area contributed by atoms with Crippen molar-refractivity contribution in [2.24, 2.45) is 0 Å². The molecule has 16 heavy (non-hydrogen) atoms. The monoisotopic (exact) mass is 211 g/mol. The standard InChI is InChI=1S/C15H17N/c1-2-4-12(5-3-1)10-13-6-7-14-8-9-16-15(14)11-13/h1-6,16H,7-11H2. The maximum atomic E-state index is 3.51. The van der Waals surface area contributed by atoms with Gasteiger partial charge in [-0.05, 0) is 30.4 Å². The minimum Gasteiger partial charge on any atom is -0.388 e. The third-order valence-electron chi connectivity index (χ3n) is 3.51. The summed E-state index contributed by atoms with van der Waals surface area (Å²) in [6, 6.07) is 10.8. The van der Waals surface area contributed by atoms with Crippen LogP contribution >= 0.6 is 0 Å². The highest BCUT2D eigenvalue weighted by Crippen LogP contribution is 2.29. The average Bonchev–Trinajstić information content (AvgIpc) is 2.77. The molecule has 1 aliphatic carbocycles. The van der Waals surface area contributed by atoms with E-state index in [1.165, 1.54) is 24.1 Å². The van der Waals surface area contributed by atoms with E-state index in [2.05, 4.69) is 41.7 Å². The lowest BCUT2D eigenvalue weighted by Gasteiger charge is -2.16. The van der Waals surface area contributed by atoms with Gasteiger partial charge in [-0.2, -0.15) is 0 Å². The summed E-state index contributed by atoms with van der Waals surface area (Å²) in [5, 5.41) is 3.51. The van der Waals surface area contributed by atoms with E-state index in [1.54, 1.807) is 11.1 Å². The zero-order valence-corrected chi connectivity index (χ0v) is 9.50. The van der Waals surface area contributed by atoms with Crippen LogP contribution in [0.4, 0.5) is 0 Å². The second-order valence-electron chi connectivity index (χ2n) is 4.66. The number of benzene rings is 1. The normalized spacial score (nSPS) is 19.1. The Bertz CT molecular complexity index is 440. The Morgan fingerprint density at radius 2 is 2.00 bits per heavy atom. The first-order chi connectivity index (χ1) is 7.92. The summed E-state index contributed by atoms with van der Waals surface area (Å²) < 4.78 is 0. The molecule has 3 rings (SSSR count). The van der Waals surface area contributed by atoms with Gasteiger partial charge in [0.25, 0.3) is 0 Å². The molecule has 1 N–H and O–H groups in total. The van der Waals surface area contributed by atoms with Gasteiger partial charge in [0, 0.05) is 18.7 Å². The maximum absolute atomic E-state index is 3.51. The fourth-order valence-corrected chi connectivity index (χ4v) is 2.61. The molecule has 0 saturated heterocycles. The molecule has 1 aromatic rings. The third kappa shape index (κ3) is 1.90. The molecule has 1 aliphatic heterocycles. The van der Waals surface area contributed by atoms with Crippen LogP contribution in [0.3, 0.4) is 0 Å². The second kappa shape index (κ2) is 4.17. The molecule has 1 heteroatoms. The molecular weight excluding hydrogens is 194 g/mol. The Morgan fingerprint density at radius 1 is 1.12 bits per heavy atom. The third-order valence-corrected chi connectivity index (χ3v) is 3.51. The van der Waals surface area contributed by atoms with Crippen LogP contribution in [0, 0.1) is 0 Å². The summed E-state index contributed by atoms with van der Waals surface area (Å²) in [7, 11) is 0. The Kier molecular flexibility index (Phi) is 2.53. The van der Waals surface area contributed by atoms with Gasteiger partial charge in [0.15, 0.2) is 0 Å². The highest BCUT2D eigenvalue weighted by atomic mass is 14.9. The minimum atomic E-state index is 1.11. The number of nitrogens with one attached hydrogen (secondary N) is 1. The molecule has 1 heterocycles. The summed E-state index contributed by atoms with van der Waals surface area (Å²) >= 11 is 0. The van der Waals surface area contributed by atoms with Crippen LogP contribution in [0.15, 0.2) is 53.3 Å². The highest BCUT2D eigenvalue weighted by Gasteiger charge is 2.18. The van der Waals surface area contributed by atoms with Gasteiger partial charge < -0.3 is 5.32 Å². The lowest BCUT2D eigenvalue weighted by molar-refractivity contribution is 0.834. The summed E-state index contributed by atoms with van der Waals surface area (Å²) in [5.41, 5.74) is 6.14. The number of allylic oxidation sites excluding steroid dienone is 2. The van der Waals surface area contributed by atoms with E-state index in [0.29, 0.717) is 0 Å². The van der Waals surface area contributed by atoms with E-state index in [1.807, 2.05) is 0 Å². The molecule has 0 saturated carbocycles. The van der Waals surface area contributed by atoms with Crippen molar-refractivity contribution < 1.29 is 0 Å². The molecule has 0 unspecified atom stereocenters. The lowest BCUT2D eigenvalue weighted by Crippen LogP contribution is -2.10. The largest absolute Gasteiger partial charge is 0.388 e. The summed E-state index contributed by atoms with van der Waals surface area (Å²) in [6.07, 6.45) is 7.11. The van der Waals surface area contributed by atoms with Crippen molar-refractivity contribution in [3.63, 3.8) is 0 Å². The van der Waals surface area contributed by atoms with E-state index in [9.17, 15) is 0 Å². The molecule has 82 valence electrons. The molecule has 2 aliphatic rings. The lowest BCUT2D eigenvalue weighted by atomic mass is 9.92. The van der Waals surface area contributed by atoms with Crippen LogP contribution in [0.2, 0.25) is 0 Å². The molecule has 1 aromatic carbocycles. The summed E-state index contributed by atoms with van der Waals surface area (Å²) in [4.78, 5) is 0. The topological polar surface area (TPSA) is 12.0 Å². The highest BCUT2D eigenvalue weighted by molar-refractivity contribution is 5.34. The molecule has 0 radical (unpaired) electrons. The van der Waals surface area contributed by atoms with E-state index < -0.39 is 0 Å². The Hall–Kier alpha value is -1.50. The molecule has 1 nitrogen and oxygen atoms in total. The van der Waals surface area contributed by atoms with Crippen LogP contribution in [-0.4, -0.2) is 6.54 Å². The van der Waals surface area contributed by atoms with Crippen molar-refractivity contribution >= 4 is 0 Å². The van der Waals surface area contributed by atoms with E-state index >= 15 is 0 Å². The zero-order valence-electron chi connectivity index (χ0n) is 9.50. The van der Waals surface area contributed by atoms with Gasteiger partial charge in [-0.25, -0.2) is 0 Å². The maximum Gasteiger partial charge on any atom is 0.0182 e. The van der Waals surface area contributed by atoms with Gasteiger partial charge in [0.05, 0.1) is 0 Å². The Morgan fingerprint density at radius 3 is 2.88 bits per heavy atom. The molecule has 0 atom stereocenters. The molecule has 0 bridgehead atoms. The smallest absolute Gasteiger partial charge is 0.0182 e. The van der Waals surface area contributed by atoms with Gasteiger partial charge in [0.1, 0.15) is 0 Å². The van der Waals surface area contributed by atoms with Crippen molar-refractivity contribution in [3.8, 4) is 0 Å². The summed E-state index contributed by atoms with van der Waals surface area (Å²) in [5.74, 6) is 0. The fourth-order valence-electron chi connectivity index (χ4n) is 2.61. The molecule has 0 spiro atoms. The quantitative estimate of drug-likeness (QED) is 0.741. The number of hydrogen-bond donors (Lipinski definition) is 1. The molecule has 0 amide bonds. The van der Waals surface area contributed by atoms with Crippen LogP contribution in [0.5, 0.6) is 0 Å². The van der Waals surface area contributed by atoms with Gasteiger partial charge in [-0.1, -0.05) is 42.0 Å².